The summed E-state index contributed by atoms with van der Waals surface area (Å²) in [6.45, 7) is 6.76. The molecule has 2 aromatic carbocycles. The molecule has 2 amide bonds. The number of carbonyl (C=O) groups is 2. The summed E-state index contributed by atoms with van der Waals surface area (Å²) in [5.74, 6) is 0.895. The average molecular weight is 507 g/mol. The lowest BCUT2D eigenvalue weighted by Crippen LogP contribution is -2.32. The number of ether oxygens (including phenoxy) is 1. The van der Waals surface area contributed by atoms with Gasteiger partial charge in [-0.15, -0.1) is 0 Å². The first kappa shape index (κ1) is 20.9. The van der Waals surface area contributed by atoms with Crippen molar-refractivity contribution < 1.29 is 14.3 Å². The minimum Gasteiger partial charge on any atom is -0.491 e. The Morgan fingerprint density at radius 1 is 1.14 bits per heavy atom. The summed E-state index contributed by atoms with van der Waals surface area (Å²) in [7, 11) is 0. The number of amides is 2. The highest BCUT2D eigenvalue weighted by Gasteiger charge is 2.34. The van der Waals surface area contributed by atoms with Crippen LogP contribution in [0.1, 0.15) is 36.5 Å². The third-order valence-corrected chi connectivity index (χ3v) is 6.03. The second-order valence-corrected chi connectivity index (χ2v) is 9.17. The van der Waals surface area contributed by atoms with Gasteiger partial charge in [-0.25, -0.2) is 0 Å². The van der Waals surface area contributed by atoms with Gasteiger partial charge in [-0.1, -0.05) is 38.1 Å². The summed E-state index contributed by atoms with van der Waals surface area (Å²) in [4.78, 5) is 26.6. The molecule has 146 valence electrons. The number of imide groups is 1. The Bertz CT molecular complexity index is 922. The molecule has 1 aliphatic rings. The Morgan fingerprint density at radius 3 is 2.54 bits per heavy atom. The van der Waals surface area contributed by atoms with Crippen molar-refractivity contribution in [3.8, 4) is 5.75 Å². The van der Waals surface area contributed by atoms with E-state index in [1.165, 1.54) is 4.90 Å². The molecule has 2 aromatic rings. The minimum atomic E-state index is -0.259. The standard InChI is InChI=1S/C22H22INO3S/c1-14(2)18-9-4-15(3)12-19(18)27-11-10-24-21(25)20(28-22(24)26)13-16-5-7-17(23)8-6-16/h4-9,12-14H,10-11H2,1-3H3/b20-13-. The molecule has 0 radical (unpaired) electrons. The Hall–Kier alpha value is -1.80. The maximum Gasteiger partial charge on any atom is 0.293 e. The molecule has 1 heterocycles. The van der Waals surface area contributed by atoms with Gasteiger partial charge in [-0.05, 0) is 88.2 Å². The van der Waals surface area contributed by atoms with Crippen LogP contribution in [0.5, 0.6) is 5.75 Å². The monoisotopic (exact) mass is 507 g/mol. The summed E-state index contributed by atoms with van der Waals surface area (Å²) < 4.78 is 7.05. The number of hydrogen-bond acceptors (Lipinski definition) is 4. The molecule has 1 saturated heterocycles. The number of halogens is 1. The van der Waals surface area contributed by atoms with Crippen molar-refractivity contribution in [2.75, 3.05) is 13.2 Å². The smallest absolute Gasteiger partial charge is 0.293 e. The molecule has 3 rings (SSSR count). The highest BCUT2D eigenvalue weighted by Crippen LogP contribution is 2.32. The molecular weight excluding hydrogens is 485 g/mol. The van der Waals surface area contributed by atoms with Crippen molar-refractivity contribution >= 4 is 51.6 Å². The molecule has 4 nitrogen and oxygen atoms in total. The maximum absolute atomic E-state index is 12.6. The van der Waals surface area contributed by atoms with E-state index >= 15 is 0 Å². The van der Waals surface area contributed by atoms with Crippen molar-refractivity contribution in [3.05, 3.63) is 67.6 Å². The molecule has 28 heavy (non-hydrogen) atoms. The summed E-state index contributed by atoms with van der Waals surface area (Å²) in [6, 6.07) is 13.9. The topological polar surface area (TPSA) is 46.6 Å². The van der Waals surface area contributed by atoms with Crippen LogP contribution in [-0.4, -0.2) is 29.2 Å². The van der Waals surface area contributed by atoms with Crippen molar-refractivity contribution in [2.45, 2.75) is 26.7 Å². The van der Waals surface area contributed by atoms with Crippen LogP contribution in [0.2, 0.25) is 0 Å². The second-order valence-electron chi connectivity index (χ2n) is 6.93. The van der Waals surface area contributed by atoms with Crippen molar-refractivity contribution in [1.29, 1.82) is 0 Å². The number of carbonyl (C=O) groups excluding carboxylic acids is 2. The van der Waals surface area contributed by atoms with E-state index in [9.17, 15) is 9.59 Å². The van der Waals surface area contributed by atoms with Gasteiger partial charge >= 0.3 is 0 Å². The molecule has 0 aromatic heterocycles. The maximum atomic E-state index is 12.6. The Balaban J connectivity index is 1.65. The van der Waals surface area contributed by atoms with Crippen molar-refractivity contribution in [1.82, 2.24) is 4.90 Å². The van der Waals surface area contributed by atoms with Gasteiger partial charge in [0.2, 0.25) is 0 Å². The van der Waals surface area contributed by atoms with Crippen LogP contribution in [0.15, 0.2) is 47.4 Å². The quantitative estimate of drug-likeness (QED) is 0.364. The fourth-order valence-electron chi connectivity index (χ4n) is 2.89. The second kappa shape index (κ2) is 9.13. The number of hydrogen-bond donors (Lipinski definition) is 0. The number of aryl methyl sites for hydroxylation is 1. The van der Waals surface area contributed by atoms with Crippen molar-refractivity contribution in [2.24, 2.45) is 0 Å². The van der Waals surface area contributed by atoms with Gasteiger partial charge in [-0.2, -0.15) is 0 Å². The zero-order valence-corrected chi connectivity index (χ0v) is 19.0. The van der Waals surface area contributed by atoms with Crippen LogP contribution in [-0.2, 0) is 4.79 Å². The van der Waals surface area contributed by atoms with Crippen molar-refractivity contribution in [3.63, 3.8) is 0 Å². The van der Waals surface area contributed by atoms with Gasteiger partial charge in [0, 0.05) is 3.57 Å². The lowest BCUT2D eigenvalue weighted by atomic mass is 10.0. The van der Waals surface area contributed by atoms with Gasteiger partial charge in [0.25, 0.3) is 11.1 Å². The predicted octanol–water partition coefficient (Wildman–Crippen LogP) is 5.84. The molecule has 6 heteroatoms. The molecular formula is C22H22INO3S. The van der Waals surface area contributed by atoms with Crippen LogP contribution in [0, 0.1) is 10.5 Å². The molecule has 0 N–H and O–H groups in total. The first-order valence-corrected chi connectivity index (χ1v) is 11.0. The highest BCUT2D eigenvalue weighted by molar-refractivity contribution is 14.1. The van der Waals surface area contributed by atoms with Gasteiger partial charge in [0.1, 0.15) is 12.4 Å². The average Bonchev–Trinajstić information content (AvgIpc) is 2.91. The molecule has 0 saturated carbocycles. The van der Waals surface area contributed by atoms with Gasteiger partial charge in [0.05, 0.1) is 11.4 Å². The largest absolute Gasteiger partial charge is 0.491 e. The van der Waals surface area contributed by atoms with Crippen LogP contribution < -0.4 is 4.74 Å². The molecule has 1 fully saturated rings. The Kier molecular flexibility index (Phi) is 6.82. The van der Waals surface area contributed by atoms with E-state index < -0.39 is 0 Å². The molecule has 0 atom stereocenters. The molecule has 0 spiro atoms. The minimum absolute atomic E-state index is 0.236. The third-order valence-electron chi connectivity index (χ3n) is 4.40. The van der Waals surface area contributed by atoms with E-state index in [0.29, 0.717) is 10.8 Å². The Labute approximate surface area is 183 Å². The van der Waals surface area contributed by atoms with Crippen LogP contribution in [0.3, 0.4) is 0 Å². The van der Waals surface area contributed by atoms with E-state index in [4.69, 9.17) is 4.74 Å². The molecule has 0 bridgehead atoms. The highest BCUT2D eigenvalue weighted by atomic mass is 127. The molecule has 0 aliphatic carbocycles. The zero-order valence-electron chi connectivity index (χ0n) is 16.1. The van der Waals surface area contributed by atoms with E-state index in [1.54, 1.807) is 6.08 Å². The fourth-order valence-corrected chi connectivity index (χ4v) is 4.12. The van der Waals surface area contributed by atoms with Gasteiger partial charge in [-0.3, -0.25) is 14.5 Å². The van der Waals surface area contributed by atoms with E-state index in [0.717, 1.165) is 37.8 Å². The number of thioether (sulfide) groups is 1. The SMILES string of the molecule is Cc1ccc(C(C)C)c(OCCN2C(=O)S/C(=C\c3ccc(I)cc3)C2=O)c1. The van der Waals surface area contributed by atoms with Gasteiger partial charge < -0.3 is 4.74 Å². The predicted molar refractivity (Wildman–Crippen MR) is 123 cm³/mol. The normalized spacial score (nSPS) is 15.8. The molecule has 0 unspecified atom stereocenters. The van der Waals surface area contributed by atoms with E-state index in [2.05, 4.69) is 48.6 Å². The van der Waals surface area contributed by atoms with Gasteiger partial charge in [0.15, 0.2) is 0 Å². The van der Waals surface area contributed by atoms with Crippen LogP contribution >= 0.6 is 34.4 Å². The van der Waals surface area contributed by atoms with E-state index in [1.807, 2.05) is 37.3 Å². The number of benzene rings is 2. The first-order valence-electron chi connectivity index (χ1n) is 9.09. The number of nitrogens with zero attached hydrogens (tertiary/aromatic N) is 1. The van der Waals surface area contributed by atoms with Crippen LogP contribution in [0.25, 0.3) is 6.08 Å². The lowest BCUT2D eigenvalue weighted by molar-refractivity contribution is -0.123. The summed E-state index contributed by atoms with van der Waals surface area (Å²) >= 11 is 3.21. The summed E-state index contributed by atoms with van der Waals surface area (Å²) in [5, 5.41) is -0.251. The van der Waals surface area contributed by atoms with Crippen LogP contribution in [0.4, 0.5) is 4.79 Å². The molecule has 1 aliphatic heterocycles. The third kappa shape index (κ3) is 4.97. The summed E-state index contributed by atoms with van der Waals surface area (Å²) in [5.41, 5.74) is 3.15. The fraction of sp³-hybridized carbons (Fsp3) is 0.273. The lowest BCUT2D eigenvalue weighted by Gasteiger charge is -2.17. The van der Waals surface area contributed by atoms with E-state index in [-0.39, 0.29) is 24.3 Å². The Morgan fingerprint density at radius 2 is 1.86 bits per heavy atom. The number of rotatable bonds is 6. The zero-order chi connectivity index (χ0) is 20.3. The summed E-state index contributed by atoms with van der Waals surface area (Å²) in [6.07, 6.45) is 1.76. The first-order chi connectivity index (χ1) is 13.3.